The normalized spacial score (nSPS) is 28.6. The van der Waals surface area contributed by atoms with Gasteiger partial charge in [0.15, 0.2) is 6.10 Å². The van der Waals surface area contributed by atoms with Gasteiger partial charge in [-0.2, -0.15) is 0 Å². The van der Waals surface area contributed by atoms with Gasteiger partial charge in [-0.15, -0.1) is 0 Å². The van der Waals surface area contributed by atoms with E-state index in [1.165, 1.54) is 0 Å². The molecule has 0 bridgehead atoms. The van der Waals surface area contributed by atoms with Crippen LogP contribution in [0.5, 0.6) is 0 Å². The van der Waals surface area contributed by atoms with Gasteiger partial charge in [0.2, 0.25) is 0 Å². The van der Waals surface area contributed by atoms with Crippen LogP contribution >= 0.6 is 46.9 Å². The van der Waals surface area contributed by atoms with E-state index in [1.54, 1.807) is 0 Å². The lowest BCUT2D eigenvalue weighted by atomic mass is 9.85. The second kappa shape index (κ2) is 16.8. The van der Waals surface area contributed by atoms with Crippen LogP contribution < -0.4 is 0 Å². The largest absolute Gasteiger partial charge is 0.527 e. The standard InChI is InChI=1S/C12H28O30P6/c13-1-2(14)3(15)4(16)8(12(18)42-47(31,32)33)41-48(34,35)40-7-5(17)6(36-43(19,20)21)9(37-44(22,23)24)11(39-46(28,29)30)10(7)38-45(25,26)27/h2-11,13-17H,1H2,(H,34,35)(H2,19,20,21)(H2,22,23,24)(H2,25,26,27)(H2,28,29,30)(H2,31,32,33)/t2-,3-,4+,5?,6?,7?,8-,9?,10?,11?/m1/s1. The molecule has 0 radical (unpaired) electrons. The Balaban J connectivity index is 3.90. The molecule has 1 aliphatic rings. The van der Waals surface area contributed by atoms with Gasteiger partial charge < -0.3 is 74.1 Å². The maximum Gasteiger partial charge on any atom is 0.527 e. The summed E-state index contributed by atoms with van der Waals surface area (Å²) in [4.78, 5) is 115. The minimum Gasteiger partial charge on any atom is -0.394 e. The molecule has 0 saturated heterocycles. The molecule has 1 rings (SSSR count). The molecule has 30 nitrogen and oxygen atoms in total. The zero-order valence-electron chi connectivity index (χ0n) is 22.5. The van der Waals surface area contributed by atoms with E-state index in [4.69, 9.17) is 14.9 Å². The number of carbonyl (C=O) groups excluding carboxylic acids is 1. The van der Waals surface area contributed by atoms with Crippen molar-refractivity contribution in [3.05, 3.63) is 0 Å². The first-order valence-corrected chi connectivity index (χ1v) is 20.6. The summed E-state index contributed by atoms with van der Waals surface area (Å²) in [6.07, 6.45) is -31.3. The Morgan fingerprint density at radius 1 is 0.542 bits per heavy atom. The number of rotatable bonds is 18. The van der Waals surface area contributed by atoms with E-state index in [1.807, 2.05) is 0 Å². The van der Waals surface area contributed by atoms with Crippen LogP contribution in [0.3, 0.4) is 0 Å². The maximum absolute atomic E-state index is 13.0. The number of carbonyl (C=O) groups is 1. The second-order valence-electron chi connectivity index (χ2n) is 8.93. The summed E-state index contributed by atoms with van der Waals surface area (Å²) in [5.74, 6) is -2.56. The lowest BCUT2D eigenvalue weighted by Crippen LogP contribution is -2.66. The Morgan fingerprint density at radius 3 is 1.21 bits per heavy atom. The molecule has 0 spiro atoms. The smallest absolute Gasteiger partial charge is 0.394 e. The molecule has 36 heteroatoms. The van der Waals surface area contributed by atoms with Crippen molar-refractivity contribution in [1.82, 2.24) is 0 Å². The highest BCUT2D eigenvalue weighted by molar-refractivity contribution is 7.48. The number of aliphatic hydroxyl groups is 5. The summed E-state index contributed by atoms with van der Waals surface area (Å²) in [6.45, 7) is -1.43. The van der Waals surface area contributed by atoms with Crippen molar-refractivity contribution in [2.75, 3.05) is 6.61 Å². The number of phosphoric acid groups is 6. The molecule has 0 heterocycles. The summed E-state index contributed by atoms with van der Waals surface area (Å²) < 4.78 is 99.3. The zero-order valence-corrected chi connectivity index (χ0v) is 27.9. The van der Waals surface area contributed by atoms with Crippen molar-refractivity contribution in [2.24, 2.45) is 0 Å². The van der Waals surface area contributed by atoms with Crippen LogP contribution in [0.15, 0.2) is 0 Å². The third-order valence-electron chi connectivity index (χ3n) is 5.19. The Labute approximate surface area is 264 Å². The lowest BCUT2D eigenvalue weighted by Gasteiger charge is -2.47. The third kappa shape index (κ3) is 15.7. The van der Waals surface area contributed by atoms with Gasteiger partial charge in [-0.3, -0.25) is 36.9 Å². The number of aliphatic hydroxyl groups excluding tert-OH is 5. The van der Waals surface area contributed by atoms with Gasteiger partial charge in [0, 0.05) is 0 Å². The highest BCUT2D eigenvalue weighted by Gasteiger charge is 2.61. The Hall–Kier alpha value is -0.0300. The van der Waals surface area contributed by atoms with Crippen LogP contribution in [0.2, 0.25) is 0 Å². The molecule has 286 valence electrons. The lowest BCUT2D eigenvalue weighted by molar-refractivity contribution is -0.207. The van der Waals surface area contributed by atoms with Gasteiger partial charge >= 0.3 is 52.9 Å². The fourth-order valence-electron chi connectivity index (χ4n) is 3.63. The quantitative estimate of drug-likeness (QED) is 0.0571. The zero-order chi connectivity index (χ0) is 38.0. The van der Waals surface area contributed by atoms with E-state index in [0.29, 0.717) is 0 Å². The monoisotopic (exact) mass is 838 g/mol. The van der Waals surface area contributed by atoms with Gasteiger partial charge in [-0.1, -0.05) is 0 Å². The van der Waals surface area contributed by atoms with E-state index < -0.39 is 121 Å². The average Bonchev–Trinajstić information content (AvgIpc) is 2.84. The van der Waals surface area contributed by atoms with Gasteiger partial charge in [0.1, 0.15) is 54.9 Å². The average molecular weight is 838 g/mol. The minimum absolute atomic E-state index is 1.43. The first-order chi connectivity index (χ1) is 21.2. The number of phosphoric ester groups is 6. The topological polar surface area (TPSA) is 508 Å². The van der Waals surface area contributed by atoms with E-state index in [-0.39, 0.29) is 0 Å². The molecule has 0 aromatic carbocycles. The summed E-state index contributed by atoms with van der Waals surface area (Å²) in [7, 11) is -37.0. The van der Waals surface area contributed by atoms with Crippen LogP contribution in [0.4, 0.5) is 0 Å². The van der Waals surface area contributed by atoms with Crippen molar-refractivity contribution in [3.8, 4) is 0 Å². The van der Waals surface area contributed by atoms with Crippen LogP contribution in [-0.4, -0.2) is 153 Å². The fraction of sp³-hybridized carbons (Fsp3) is 0.917. The summed E-state index contributed by atoms with van der Waals surface area (Å²) >= 11 is 0. The summed E-state index contributed by atoms with van der Waals surface area (Å²) in [5, 5.41) is 49.3. The predicted octanol–water partition coefficient (Wildman–Crippen LogP) is -6.15. The Bertz CT molecular complexity index is 1390. The van der Waals surface area contributed by atoms with Gasteiger partial charge in [0.05, 0.1) is 6.61 Å². The summed E-state index contributed by atoms with van der Waals surface area (Å²) in [6, 6.07) is 0. The predicted molar refractivity (Wildman–Crippen MR) is 136 cm³/mol. The molecule has 16 N–H and O–H groups in total. The third-order valence-corrected chi connectivity index (χ3v) is 8.68. The second-order valence-corrected chi connectivity index (χ2v) is 16.2. The van der Waals surface area contributed by atoms with Gasteiger partial charge in [0.25, 0.3) is 0 Å². The van der Waals surface area contributed by atoms with Crippen molar-refractivity contribution in [2.45, 2.75) is 61.0 Å². The molecule has 0 aliphatic heterocycles. The molecule has 0 aromatic heterocycles. The minimum atomic E-state index is -6.58. The molecule has 0 amide bonds. The summed E-state index contributed by atoms with van der Waals surface area (Å²) in [5.41, 5.74) is 0. The van der Waals surface area contributed by atoms with Gasteiger partial charge in [-0.05, 0) is 0 Å². The highest BCUT2D eigenvalue weighted by Crippen LogP contribution is 2.56. The van der Waals surface area contributed by atoms with Crippen LogP contribution in [0.25, 0.3) is 0 Å². The van der Waals surface area contributed by atoms with Gasteiger partial charge in [-0.25, -0.2) is 32.2 Å². The molecular weight excluding hydrogens is 810 g/mol. The number of hydrogen-bond acceptors (Lipinski definition) is 19. The number of hydrogen-bond donors (Lipinski definition) is 16. The van der Waals surface area contributed by atoms with Crippen molar-refractivity contribution in [1.29, 1.82) is 0 Å². The molecule has 7 unspecified atom stereocenters. The molecule has 0 aromatic rings. The molecule has 11 atom stereocenters. The Morgan fingerprint density at radius 2 is 0.875 bits per heavy atom. The van der Waals surface area contributed by atoms with E-state index in [9.17, 15) is 96.7 Å². The first kappa shape index (κ1) is 46.0. The highest BCUT2D eigenvalue weighted by atomic mass is 31.2. The van der Waals surface area contributed by atoms with Crippen molar-refractivity contribution < 1.29 is 143 Å². The van der Waals surface area contributed by atoms with Crippen molar-refractivity contribution in [3.63, 3.8) is 0 Å². The van der Waals surface area contributed by atoms with E-state index in [2.05, 4.69) is 31.7 Å². The maximum atomic E-state index is 13.0. The fourth-order valence-corrected chi connectivity index (χ4v) is 7.30. The van der Waals surface area contributed by atoms with Crippen LogP contribution in [0.1, 0.15) is 0 Å². The van der Waals surface area contributed by atoms with Crippen LogP contribution in [-0.2, 0) is 63.9 Å². The van der Waals surface area contributed by atoms with Crippen LogP contribution in [0, 0.1) is 0 Å². The molecule has 48 heavy (non-hydrogen) atoms. The van der Waals surface area contributed by atoms with E-state index in [0.717, 1.165) is 0 Å². The SMILES string of the molecule is O=C(OP(=O)(O)O)[C@H](OP(=O)(O)OC1C(O)C(OP(=O)(O)O)C(OP(=O)(O)O)C(OP(=O)(O)O)C1OP(=O)(O)O)[C@@H](O)[C@H](O)[C@H](O)CO. The Kier molecular flexibility index (Phi) is 16.1. The van der Waals surface area contributed by atoms with Crippen molar-refractivity contribution >= 4 is 52.9 Å². The molecule has 1 aliphatic carbocycles. The van der Waals surface area contributed by atoms with E-state index >= 15 is 0 Å². The molecule has 1 fully saturated rings. The molecule has 1 saturated carbocycles. The first-order valence-electron chi connectivity index (χ1n) is 11.4. The molecular formula is C12H28O30P6.